The van der Waals surface area contributed by atoms with Gasteiger partial charge in [-0.3, -0.25) is 4.79 Å². The van der Waals surface area contributed by atoms with Gasteiger partial charge >= 0.3 is 6.18 Å². The van der Waals surface area contributed by atoms with Crippen molar-refractivity contribution in [1.29, 1.82) is 0 Å². The number of carbonyl (C=O) groups is 1. The first-order chi connectivity index (χ1) is 15.4. The van der Waals surface area contributed by atoms with Gasteiger partial charge in [-0.15, -0.1) is 0 Å². The Kier molecular flexibility index (Phi) is 6.87. The molecule has 4 nitrogen and oxygen atoms in total. The Hall–Kier alpha value is -3.27. The van der Waals surface area contributed by atoms with Crippen molar-refractivity contribution < 1.29 is 35.2 Å². The first-order valence-corrected chi connectivity index (χ1v) is 11.3. The third-order valence-electron chi connectivity index (χ3n) is 4.85. The predicted molar refractivity (Wildman–Crippen MR) is 113 cm³/mol. The zero-order valence-electron chi connectivity index (χ0n) is 17.2. The molecule has 1 amide bonds. The van der Waals surface area contributed by atoms with Gasteiger partial charge in [0, 0.05) is 5.69 Å². The highest BCUT2D eigenvalue weighted by Gasteiger charge is 2.34. The van der Waals surface area contributed by atoms with Crippen LogP contribution < -0.4 is 5.32 Å². The number of hydrogen-bond acceptors (Lipinski definition) is 3. The summed E-state index contributed by atoms with van der Waals surface area (Å²) in [5.41, 5.74) is -2.51. The molecule has 10 heteroatoms. The average molecular weight is 483 g/mol. The van der Waals surface area contributed by atoms with Crippen molar-refractivity contribution in [2.45, 2.75) is 24.4 Å². The Bertz CT molecular complexity index is 1260. The third-order valence-corrected chi connectivity index (χ3v) is 6.61. The highest BCUT2D eigenvalue weighted by atomic mass is 32.2. The van der Waals surface area contributed by atoms with E-state index in [2.05, 4.69) is 5.32 Å². The molecule has 0 heterocycles. The molecule has 0 atom stereocenters. The van der Waals surface area contributed by atoms with Crippen LogP contribution in [0.25, 0.3) is 11.1 Å². The van der Waals surface area contributed by atoms with Crippen LogP contribution in [0.15, 0.2) is 65.6 Å². The SMILES string of the molecule is CCS(=O)(=O)c1ccc(CC(=O)Nc2cc(F)c(-c3ccccc3C(F)(F)F)c(F)c2)cc1. The first-order valence-electron chi connectivity index (χ1n) is 9.69. The van der Waals surface area contributed by atoms with E-state index in [4.69, 9.17) is 0 Å². The van der Waals surface area contributed by atoms with E-state index in [0.29, 0.717) is 5.56 Å². The molecule has 174 valence electrons. The summed E-state index contributed by atoms with van der Waals surface area (Å²) in [5.74, 6) is -3.26. The van der Waals surface area contributed by atoms with Crippen LogP contribution in [0.2, 0.25) is 0 Å². The van der Waals surface area contributed by atoms with E-state index in [1.807, 2.05) is 0 Å². The number of anilines is 1. The Morgan fingerprint density at radius 2 is 1.52 bits per heavy atom. The largest absolute Gasteiger partial charge is 0.417 e. The van der Waals surface area contributed by atoms with Crippen molar-refractivity contribution >= 4 is 21.4 Å². The summed E-state index contributed by atoms with van der Waals surface area (Å²) in [6, 6.07) is 11.1. The summed E-state index contributed by atoms with van der Waals surface area (Å²) in [6.07, 6.45) is -5.03. The lowest BCUT2D eigenvalue weighted by Crippen LogP contribution is -2.15. The molecule has 1 N–H and O–H groups in total. The van der Waals surface area contributed by atoms with Gasteiger partial charge < -0.3 is 5.32 Å². The molecule has 0 bridgehead atoms. The molecular weight excluding hydrogens is 465 g/mol. The van der Waals surface area contributed by atoms with Crippen LogP contribution in [0, 0.1) is 11.6 Å². The van der Waals surface area contributed by atoms with Crippen LogP contribution in [-0.4, -0.2) is 20.1 Å². The smallest absolute Gasteiger partial charge is 0.326 e. The fourth-order valence-electron chi connectivity index (χ4n) is 3.22. The minimum Gasteiger partial charge on any atom is -0.326 e. The predicted octanol–water partition coefficient (Wildman–Crippen LogP) is 5.63. The van der Waals surface area contributed by atoms with E-state index < -0.39 is 50.2 Å². The van der Waals surface area contributed by atoms with E-state index in [-0.39, 0.29) is 22.8 Å². The van der Waals surface area contributed by atoms with Gasteiger partial charge in [0.05, 0.1) is 28.2 Å². The number of carbonyl (C=O) groups excluding carboxylic acids is 1. The molecule has 0 aliphatic heterocycles. The standard InChI is InChI=1S/C23H18F5NO3S/c1-2-33(31,32)16-9-7-14(8-10-16)11-21(30)29-15-12-19(24)22(20(25)13-15)17-5-3-4-6-18(17)23(26,27)28/h3-10,12-13H,2,11H2,1H3,(H,29,30). The first kappa shape index (κ1) is 24.4. The van der Waals surface area contributed by atoms with E-state index in [1.165, 1.54) is 37.3 Å². The number of rotatable bonds is 6. The summed E-state index contributed by atoms with van der Waals surface area (Å²) in [4.78, 5) is 12.4. The molecule has 33 heavy (non-hydrogen) atoms. The monoisotopic (exact) mass is 483 g/mol. The Morgan fingerprint density at radius 3 is 2.06 bits per heavy atom. The maximum atomic E-state index is 14.6. The summed E-state index contributed by atoms with van der Waals surface area (Å²) >= 11 is 0. The lowest BCUT2D eigenvalue weighted by atomic mass is 9.98. The van der Waals surface area contributed by atoms with Crippen molar-refractivity contribution in [1.82, 2.24) is 0 Å². The lowest BCUT2D eigenvalue weighted by molar-refractivity contribution is -0.137. The number of benzene rings is 3. The maximum absolute atomic E-state index is 14.6. The number of halogens is 5. The number of alkyl halides is 3. The fourth-order valence-corrected chi connectivity index (χ4v) is 4.11. The Labute approximate surface area is 187 Å². The fraction of sp³-hybridized carbons (Fsp3) is 0.174. The molecule has 0 aromatic heterocycles. The van der Waals surface area contributed by atoms with Gasteiger partial charge in [-0.25, -0.2) is 17.2 Å². The summed E-state index contributed by atoms with van der Waals surface area (Å²) < 4.78 is 92.6. The van der Waals surface area contributed by atoms with Crippen molar-refractivity contribution in [3.8, 4) is 11.1 Å². The minimum atomic E-state index is -4.81. The zero-order valence-corrected chi connectivity index (χ0v) is 18.0. The quantitative estimate of drug-likeness (QED) is 0.463. The molecule has 3 aromatic rings. The second-order valence-corrected chi connectivity index (χ2v) is 9.41. The van der Waals surface area contributed by atoms with Crippen LogP contribution in [0.1, 0.15) is 18.1 Å². The molecule has 0 saturated carbocycles. The highest BCUT2D eigenvalue weighted by Crippen LogP contribution is 2.39. The van der Waals surface area contributed by atoms with Gasteiger partial charge in [-0.05, 0) is 41.5 Å². The lowest BCUT2D eigenvalue weighted by Gasteiger charge is -2.15. The molecule has 0 saturated heterocycles. The molecule has 0 radical (unpaired) electrons. The van der Waals surface area contributed by atoms with Gasteiger partial charge in [-0.1, -0.05) is 37.3 Å². The Balaban J connectivity index is 1.81. The average Bonchev–Trinajstić information content (AvgIpc) is 2.73. The molecule has 0 unspecified atom stereocenters. The zero-order chi connectivity index (χ0) is 24.4. The van der Waals surface area contributed by atoms with Gasteiger partial charge in [-0.2, -0.15) is 13.2 Å². The number of hydrogen-bond donors (Lipinski definition) is 1. The second kappa shape index (κ2) is 9.30. The van der Waals surface area contributed by atoms with Crippen molar-refractivity contribution in [2.24, 2.45) is 0 Å². The van der Waals surface area contributed by atoms with Crippen molar-refractivity contribution in [3.63, 3.8) is 0 Å². The van der Waals surface area contributed by atoms with Crippen LogP contribution in [0.3, 0.4) is 0 Å². The molecule has 0 aliphatic carbocycles. The normalized spacial score (nSPS) is 11.9. The highest BCUT2D eigenvalue weighted by molar-refractivity contribution is 7.91. The van der Waals surface area contributed by atoms with Crippen LogP contribution in [0.5, 0.6) is 0 Å². The van der Waals surface area contributed by atoms with Gasteiger partial charge in [0.1, 0.15) is 11.6 Å². The molecule has 0 aliphatic rings. The maximum Gasteiger partial charge on any atom is 0.417 e. The minimum absolute atomic E-state index is 0.0760. The third kappa shape index (κ3) is 5.57. The molecule has 0 fully saturated rings. The number of sulfone groups is 1. The van der Waals surface area contributed by atoms with Gasteiger partial charge in [0.2, 0.25) is 5.91 Å². The van der Waals surface area contributed by atoms with E-state index >= 15 is 0 Å². The Morgan fingerprint density at radius 1 is 0.939 bits per heavy atom. The van der Waals surface area contributed by atoms with E-state index in [9.17, 15) is 35.2 Å². The van der Waals surface area contributed by atoms with Crippen molar-refractivity contribution in [2.75, 3.05) is 11.1 Å². The van der Waals surface area contributed by atoms with Gasteiger partial charge in [0.15, 0.2) is 9.84 Å². The van der Waals surface area contributed by atoms with E-state index in [1.54, 1.807) is 0 Å². The summed E-state index contributed by atoms with van der Waals surface area (Å²) in [5, 5.41) is 2.29. The van der Waals surface area contributed by atoms with Crippen LogP contribution in [0.4, 0.5) is 27.6 Å². The number of amides is 1. The second-order valence-electron chi connectivity index (χ2n) is 7.13. The van der Waals surface area contributed by atoms with Gasteiger partial charge in [0.25, 0.3) is 0 Å². The van der Waals surface area contributed by atoms with Crippen LogP contribution >= 0.6 is 0 Å². The van der Waals surface area contributed by atoms with Crippen molar-refractivity contribution in [3.05, 3.63) is 83.4 Å². The summed E-state index contributed by atoms with van der Waals surface area (Å²) in [6.45, 7) is 1.50. The topological polar surface area (TPSA) is 63.2 Å². The van der Waals surface area contributed by atoms with E-state index in [0.717, 1.165) is 30.3 Å². The molecular formula is C23H18F5NO3S. The molecule has 0 spiro atoms. The molecule has 3 aromatic carbocycles. The number of nitrogens with one attached hydrogen (secondary N) is 1. The van der Waals surface area contributed by atoms with Crippen LogP contribution in [-0.2, 0) is 27.2 Å². The molecule has 3 rings (SSSR count). The summed E-state index contributed by atoms with van der Waals surface area (Å²) in [7, 11) is -3.40.